The average molecular weight is 673 g/mol. The molecule has 0 aliphatic rings. The quantitative estimate of drug-likeness (QED) is 0.170. The third-order valence-corrected chi connectivity index (χ3v) is 10.3. The maximum atomic E-state index is 9.55. The monoisotopic (exact) mass is 672 g/mol. The van der Waals surface area contributed by atoms with Gasteiger partial charge >= 0.3 is 0 Å². The van der Waals surface area contributed by atoms with E-state index in [2.05, 4.69) is 132 Å². The van der Waals surface area contributed by atoms with Crippen LogP contribution >= 0.6 is 0 Å². The summed E-state index contributed by atoms with van der Waals surface area (Å²) in [5.74, 6) is 1.31. The molecule has 0 amide bonds. The first kappa shape index (κ1) is 30.9. The molecule has 0 bridgehead atoms. The predicted octanol–water partition coefficient (Wildman–Crippen LogP) is 14.0. The Hall–Kier alpha value is -4.89. The van der Waals surface area contributed by atoms with Gasteiger partial charge in [0.2, 0.25) is 0 Å². The summed E-state index contributed by atoms with van der Waals surface area (Å²) in [7, 11) is 0. The van der Waals surface area contributed by atoms with Crippen LogP contribution in [0.3, 0.4) is 0 Å². The number of hydrogen-bond donors (Lipinski definition) is 0. The van der Waals surface area contributed by atoms with Crippen LogP contribution in [0.4, 0.5) is 0 Å². The fourth-order valence-corrected chi connectivity index (χ4v) is 7.75. The molecular formula is C48H50N2O. The summed E-state index contributed by atoms with van der Waals surface area (Å²) in [5, 5.41) is 6.28. The minimum atomic E-state index is -1.66. The number of aromatic nitrogens is 2. The van der Waals surface area contributed by atoms with Crippen LogP contribution in [0.15, 0.2) is 101 Å². The summed E-state index contributed by atoms with van der Waals surface area (Å²) in [4.78, 5) is 5.40. The van der Waals surface area contributed by atoms with Gasteiger partial charge in [0.05, 0.1) is 22.3 Å². The molecule has 51 heavy (non-hydrogen) atoms. The molecule has 258 valence electrons. The van der Waals surface area contributed by atoms with E-state index in [1.807, 2.05) is 39.0 Å². The Balaban J connectivity index is 1.53. The molecular weight excluding hydrogens is 621 g/mol. The third-order valence-electron chi connectivity index (χ3n) is 10.3. The second kappa shape index (κ2) is 11.8. The number of benzene rings is 6. The highest BCUT2D eigenvalue weighted by atomic mass is 16.3. The van der Waals surface area contributed by atoms with E-state index in [9.17, 15) is 2.74 Å². The van der Waals surface area contributed by atoms with Gasteiger partial charge in [0.1, 0.15) is 17.0 Å². The van der Waals surface area contributed by atoms with E-state index in [1.165, 1.54) is 33.2 Å². The van der Waals surface area contributed by atoms with Crippen LogP contribution < -0.4 is 0 Å². The molecule has 8 aromatic rings. The Kier molecular flexibility index (Phi) is 7.17. The molecule has 0 radical (unpaired) electrons. The van der Waals surface area contributed by atoms with Crippen LogP contribution in [0.5, 0.6) is 0 Å². The lowest BCUT2D eigenvalue weighted by Crippen LogP contribution is -2.16. The van der Waals surface area contributed by atoms with Gasteiger partial charge in [-0.25, -0.2) is 4.98 Å². The van der Waals surface area contributed by atoms with Crippen molar-refractivity contribution in [2.24, 2.45) is 5.41 Å². The second-order valence-corrected chi connectivity index (χ2v) is 17.0. The molecule has 0 aliphatic carbocycles. The van der Waals surface area contributed by atoms with Crippen molar-refractivity contribution in [3.8, 4) is 17.1 Å². The van der Waals surface area contributed by atoms with E-state index in [4.69, 9.17) is 9.40 Å². The van der Waals surface area contributed by atoms with Crippen LogP contribution in [0.25, 0.3) is 71.6 Å². The molecule has 0 unspecified atom stereocenters. The van der Waals surface area contributed by atoms with Gasteiger partial charge in [-0.3, -0.25) is 4.57 Å². The summed E-state index contributed by atoms with van der Waals surface area (Å²) in [5.41, 5.74) is 9.19. The summed E-state index contributed by atoms with van der Waals surface area (Å²) >= 11 is 0. The van der Waals surface area contributed by atoms with Gasteiger partial charge in [-0.05, 0) is 103 Å². The molecule has 0 saturated carbocycles. The molecule has 3 heteroatoms. The van der Waals surface area contributed by atoms with Crippen LogP contribution in [0.1, 0.15) is 106 Å². The number of fused-ring (bicyclic) bond motifs is 7. The molecule has 8 rings (SSSR count). The molecule has 2 heterocycles. The Morgan fingerprint density at radius 3 is 2.06 bits per heavy atom. The molecule has 2 aromatic heterocycles. The fourth-order valence-electron chi connectivity index (χ4n) is 7.75. The van der Waals surface area contributed by atoms with E-state index in [-0.39, 0.29) is 17.3 Å². The average Bonchev–Trinajstić information content (AvgIpc) is 3.67. The molecule has 0 aliphatic heterocycles. The van der Waals surface area contributed by atoms with Gasteiger partial charge in [-0.1, -0.05) is 136 Å². The smallest absolute Gasteiger partial charge is 0.149 e. The lowest BCUT2D eigenvalue weighted by molar-refractivity contribution is 0.412. The summed E-state index contributed by atoms with van der Waals surface area (Å²) in [6.45, 7) is 21.9. The first-order valence-corrected chi connectivity index (χ1v) is 18.4. The maximum Gasteiger partial charge on any atom is 0.149 e. The first-order chi connectivity index (χ1) is 25.0. The maximum absolute atomic E-state index is 9.55. The third kappa shape index (κ3) is 5.62. The Morgan fingerprint density at radius 1 is 0.706 bits per heavy atom. The standard InChI is InChI=1S/C48H50N2O/c1-28(2)36-24-33(48(8,9)10)25-37(29(3)4)44(36)50-41-18-14-13-17-40(41)49-46(50)35-22-21-32(27-47(5,6)7)43-39-23-31-20-19-30-15-11-12-16-34(30)38(31)26-42(39)51-45(35)43/h11-26,28-29H,27H2,1-10H3/i27D2. The lowest BCUT2D eigenvalue weighted by atomic mass is 9.81. The van der Waals surface area contributed by atoms with Gasteiger partial charge in [0, 0.05) is 13.5 Å². The lowest BCUT2D eigenvalue weighted by Gasteiger charge is -2.28. The van der Waals surface area contributed by atoms with E-state index in [0.717, 1.165) is 49.5 Å². The minimum Gasteiger partial charge on any atom is -0.455 e. The van der Waals surface area contributed by atoms with Crippen molar-refractivity contribution >= 4 is 54.5 Å². The van der Waals surface area contributed by atoms with Crippen molar-refractivity contribution in [2.75, 3.05) is 0 Å². The molecule has 0 N–H and O–H groups in total. The van der Waals surface area contributed by atoms with E-state index in [0.29, 0.717) is 11.1 Å². The van der Waals surface area contributed by atoms with Gasteiger partial charge in [0.15, 0.2) is 0 Å². The number of hydrogen-bond acceptors (Lipinski definition) is 2. The molecule has 6 aromatic carbocycles. The second-order valence-electron chi connectivity index (χ2n) is 17.0. The highest BCUT2D eigenvalue weighted by molar-refractivity contribution is 6.18. The summed E-state index contributed by atoms with van der Waals surface area (Å²) in [6.07, 6.45) is -1.66. The molecule has 0 atom stereocenters. The number of rotatable bonds is 5. The molecule has 3 nitrogen and oxygen atoms in total. The van der Waals surface area contributed by atoms with Crippen molar-refractivity contribution in [2.45, 2.75) is 92.9 Å². The normalized spacial score (nSPS) is 13.8. The zero-order valence-electron chi connectivity index (χ0n) is 33.7. The zero-order valence-corrected chi connectivity index (χ0v) is 31.7. The van der Waals surface area contributed by atoms with Gasteiger partial charge in [-0.2, -0.15) is 0 Å². The molecule has 0 spiro atoms. The minimum absolute atomic E-state index is 0.0111. The molecule has 0 fully saturated rings. The van der Waals surface area contributed by atoms with Crippen molar-refractivity contribution in [1.29, 1.82) is 0 Å². The van der Waals surface area contributed by atoms with Crippen molar-refractivity contribution in [3.63, 3.8) is 0 Å². The van der Waals surface area contributed by atoms with Crippen molar-refractivity contribution in [3.05, 3.63) is 119 Å². The van der Waals surface area contributed by atoms with Gasteiger partial charge in [0.25, 0.3) is 0 Å². The molecule has 0 saturated heterocycles. The SMILES string of the molecule is [2H]C([2H])(c1ccc(-c2nc3ccccc3n2-c2c(C(C)C)cc(C(C)(C)C)cc2C(C)C)c2oc3cc4c(ccc5ccccc54)cc3c12)C(C)(C)C. The van der Waals surface area contributed by atoms with Crippen LogP contribution in [0, 0.1) is 5.41 Å². The van der Waals surface area contributed by atoms with E-state index < -0.39 is 11.8 Å². The Bertz CT molecular complexity index is 2700. The van der Waals surface area contributed by atoms with Crippen LogP contribution in [-0.4, -0.2) is 9.55 Å². The number of imidazole rings is 1. The van der Waals surface area contributed by atoms with E-state index >= 15 is 0 Å². The van der Waals surface area contributed by atoms with Crippen LogP contribution in [0.2, 0.25) is 0 Å². The summed E-state index contributed by atoms with van der Waals surface area (Å²) < 4.78 is 28.5. The topological polar surface area (TPSA) is 31.0 Å². The number of nitrogens with zero attached hydrogens (tertiary/aromatic N) is 2. The fraction of sp³-hybridized carbons (Fsp3) is 0.312. The highest BCUT2D eigenvalue weighted by Gasteiger charge is 2.28. The predicted molar refractivity (Wildman–Crippen MR) is 219 cm³/mol. The van der Waals surface area contributed by atoms with Gasteiger partial charge < -0.3 is 4.42 Å². The largest absolute Gasteiger partial charge is 0.455 e. The first-order valence-electron chi connectivity index (χ1n) is 19.4. The van der Waals surface area contributed by atoms with Crippen molar-refractivity contribution in [1.82, 2.24) is 9.55 Å². The Labute approximate surface area is 305 Å². The van der Waals surface area contributed by atoms with E-state index in [1.54, 1.807) is 0 Å². The Morgan fingerprint density at radius 2 is 1.37 bits per heavy atom. The zero-order chi connectivity index (χ0) is 37.8. The number of furan rings is 1. The van der Waals surface area contributed by atoms with Gasteiger partial charge in [-0.15, -0.1) is 0 Å². The van der Waals surface area contributed by atoms with Crippen molar-refractivity contribution < 1.29 is 7.16 Å². The summed E-state index contributed by atoms with van der Waals surface area (Å²) in [6, 6.07) is 34.3. The highest BCUT2D eigenvalue weighted by Crippen LogP contribution is 2.45. The van der Waals surface area contributed by atoms with Crippen LogP contribution in [-0.2, 0) is 11.8 Å². The number of para-hydroxylation sites is 2.